The van der Waals surface area contributed by atoms with Gasteiger partial charge in [0.1, 0.15) is 5.75 Å². The summed E-state index contributed by atoms with van der Waals surface area (Å²) in [6, 6.07) is 17.1. The predicted octanol–water partition coefficient (Wildman–Crippen LogP) is 4.58. The molecule has 2 aromatic rings. The first-order valence-electron chi connectivity index (χ1n) is 6.36. The van der Waals surface area contributed by atoms with Gasteiger partial charge in [-0.25, -0.2) is 4.79 Å². The zero-order valence-corrected chi connectivity index (χ0v) is 13.6. The van der Waals surface area contributed by atoms with Gasteiger partial charge in [0.05, 0.1) is 0 Å². The molecule has 0 spiro atoms. The van der Waals surface area contributed by atoms with Crippen LogP contribution in [0.15, 0.2) is 60.7 Å². The van der Waals surface area contributed by atoms with Gasteiger partial charge in [0.25, 0.3) is 0 Å². The third-order valence-corrected chi connectivity index (χ3v) is 3.18. The molecule has 7 heteroatoms. The minimum atomic E-state index is -1.83. The van der Waals surface area contributed by atoms with Crippen molar-refractivity contribution in [2.45, 2.75) is 10.0 Å². The Morgan fingerprint density at radius 1 is 0.955 bits per heavy atom. The molecule has 0 radical (unpaired) electrons. The third-order valence-electron chi connectivity index (χ3n) is 2.59. The van der Waals surface area contributed by atoms with Gasteiger partial charge < -0.3 is 10.1 Å². The first-order valence-corrected chi connectivity index (χ1v) is 7.49. The summed E-state index contributed by atoms with van der Waals surface area (Å²) in [5, 5.41) is 5.11. The van der Waals surface area contributed by atoms with Crippen molar-refractivity contribution in [2.24, 2.45) is 0 Å². The molecule has 116 valence electrons. The van der Waals surface area contributed by atoms with E-state index in [9.17, 15) is 4.79 Å². The number of ether oxygens (including phenoxy) is 1. The predicted molar refractivity (Wildman–Crippen MR) is 89.7 cm³/mol. The van der Waals surface area contributed by atoms with Gasteiger partial charge in [-0.15, -0.1) is 0 Å². The molecule has 0 aromatic heterocycles. The van der Waals surface area contributed by atoms with Crippen LogP contribution in [0.5, 0.6) is 5.75 Å². The van der Waals surface area contributed by atoms with E-state index in [2.05, 4.69) is 10.6 Å². The Balaban J connectivity index is 2.02. The van der Waals surface area contributed by atoms with E-state index in [1.54, 1.807) is 48.5 Å². The van der Waals surface area contributed by atoms with E-state index in [-0.39, 0.29) is 0 Å². The molecule has 0 aliphatic rings. The highest BCUT2D eigenvalue weighted by Crippen LogP contribution is 2.31. The number of nitrogens with one attached hydrogen (secondary N) is 2. The van der Waals surface area contributed by atoms with Crippen LogP contribution in [0.4, 0.5) is 10.5 Å². The number of carbonyl (C=O) groups is 1. The normalized spacial score (nSPS) is 12.3. The molecule has 0 saturated carbocycles. The highest BCUT2D eigenvalue weighted by Gasteiger charge is 2.36. The maximum atomic E-state index is 12.0. The Morgan fingerprint density at radius 2 is 1.50 bits per heavy atom. The number of halogens is 3. The molecular formula is C15H13Cl3N2O2. The van der Waals surface area contributed by atoms with Crippen molar-refractivity contribution in [3.63, 3.8) is 0 Å². The molecule has 0 aliphatic heterocycles. The summed E-state index contributed by atoms with van der Waals surface area (Å²) in [5.74, 6) is 0.471. The molecule has 0 heterocycles. The highest BCUT2D eigenvalue weighted by atomic mass is 35.6. The zero-order chi connectivity index (χ0) is 16.0. The standard InChI is InChI=1S/C15H13Cl3N2O2/c16-15(17,18)13(22-12-9-5-2-6-10-12)20-14(21)19-11-7-3-1-4-8-11/h1-10,13H,(H2,19,20,21)/t13-/m0/s1. The largest absolute Gasteiger partial charge is 0.466 e. The van der Waals surface area contributed by atoms with E-state index in [0.717, 1.165) is 0 Å². The fourth-order valence-electron chi connectivity index (χ4n) is 1.62. The fourth-order valence-corrected chi connectivity index (χ4v) is 1.92. The second-order valence-electron chi connectivity index (χ2n) is 4.32. The Bertz CT molecular complexity index is 603. The third kappa shape index (κ3) is 5.30. The Hall–Kier alpha value is -1.62. The van der Waals surface area contributed by atoms with Crippen LogP contribution < -0.4 is 15.4 Å². The molecule has 2 amide bonds. The molecule has 0 fully saturated rings. The summed E-state index contributed by atoms with van der Waals surface area (Å²) in [6.45, 7) is 0. The molecule has 0 aliphatic carbocycles. The molecule has 2 aromatic carbocycles. The van der Waals surface area contributed by atoms with Crippen LogP contribution in [0.1, 0.15) is 0 Å². The van der Waals surface area contributed by atoms with Crippen LogP contribution in [0.3, 0.4) is 0 Å². The molecule has 0 saturated heterocycles. The average Bonchev–Trinajstić information content (AvgIpc) is 2.48. The summed E-state index contributed by atoms with van der Waals surface area (Å²) in [5.41, 5.74) is 0.614. The minimum Gasteiger partial charge on any atom is -0.466 e. The lowest BCUT2D eigenvalue weighted by molar-refractivity contribution is 0.170. The molecule has 0 bridgehead atoms. The van der Waals surface area contributed by atoms with E-state index in [1.165, 1.54) is 0 Å². The van der Waals surface area contributed by atoms with E-state index >= 15 is 0 Å². The van der Waals surface area contributed by atoms with Crippen molar-refractivity contribution in [1.29, 1.82) is 0 Å². The molecule has 2 rings (SSSR count). The maximum absolute atomic E-state index is 12.0. The first-order chi connectivity index (χ1) is 10.4. The van der Waals surface area contributed by atoms with Gasteiger partial charge in [0, 0.05) is 5.69 Å². The van der Waals surface area contributed by atoms with Crippen molar-refractivity contribution >= 4 is 46.5 Å². The Labute approximate surface area is 143 Å². The van der Waals surface area contributed by atoms with Crippen molar-refractivity contribution < 1.29 is 9.53 Å². The van der Waals surface area contributed by atoms with Crippen LogP contribution in [-0.2, 0) is 0 Å². The summed E-state index contributed by atoms with van der Waals surface area (Å²) in [7, 11) is 0. The molecule has 1 atom stereocenters. The number of urea groups is 1. The Morgan fingerprint density at radius 3 is 2.05 bits per heavy atom. The number of alkyl halides is 3. The van der Waals surface area contributed by atoms with E-state index in [0.29, 0.717) is 11.4 Å². The number of carbonyl (C=O) groups excluding carboxylic acids is 1. The number of amides is 2. The summed E-state index contributed by atoms with van der Waals surface area (Å²) < 4.78 is 3.69. The van der Waals surface area contributed by atoms with E-state index < -0.39 is 16.1 Å². The monoisotopic (exact) mass is 358 g/mol. The van der Waals surface area contributed by atoms with Crippen LogP contribution in [-0.4, -0.2) is 16.1 Å². The summed E-state index contributed by atoms with van der Waals surface area (Å²) in [6.07, 6.45) is -1.15. The number of hydrogen-bond donors (Lipinski definition) is 2. The number of para-hydroxylation sites is 2. The highest BCUT2D eigenvalue weighted by molar-refractivity contribution is 6.68. The lowest BCUT2D eigenvalue weighted by Gasteiger charge is -2.26. The van der Waals surface area contributed by atoms with Gasteiger partial charge in [-0.3, -0.25) is 5.32 Å². The fraction of sp³-hybridized carbons (Fsp3) is 0.133. The summed E-state index contributed by atoms with van der Waals surface area (Å²) in [4.78, 5) is 12.0. The minimum absolute atomic E-state index is 0.471. The number of rotatable bonds is 4. The van der Waals surface area contributed by atoms with Crippen LogP contribution in [0.25, 0.3) is 0 Å². The second kappa shape index (κ2) is 7.58. The molecule has 4 nitrogen and oxygen atoms in total. The van der Waals surface area contributed by atoms with Crippen LogP contribution in [0.2, 0.25) is 0 Å². The van der Waals surface area contributed by atoms with Gasteiger partial charge in [0.15, 0.2) is 0 Å². The average molecular weight is 360 g/mol. The lowest BCUT2D eigenvalue weighted by atomic mass is 10.3. The van der Waals surface area contributed by atoms with Gasteiger partial charge in [-0.1, -0.05) is 71.2 Å². The van der Waals surface area contributed by atoms with E-state index in [1.807, 2.05) is 12.1 Å². The number of benzene rings is 2. The number of anilines is 1. The lowest BCUT2D eigenvalue weighted by Crippen LogP contribution is -2.49. The van der Waals surface area contributed by atoms with Gasteiger partial charge >= 0.3 is 6.03 Å². The van der Waals surface area contributed by atoms with Crippen molar-refractivity contribution in [2.75, 3.05) is 5.32 Å². The molecular weight excluding hydrogens is 347 g/mol. The molecule has 2 N–H and O–H groups in total. The van der Waals surface area contributed by atoms with Crippen molar-refractivity contribution in [3.05, 3.63) is 60.7 Å². The van der Waals surface area contributed by atoms with Crippen molar-refractivity contribution in [1.82, 2.24) is 5.32 Å². The van der Waals surface area contributed by atoms with Crippen molar-refractivity contribution in [3.8, 4) is 5.75 Å². The van der Waals surface area contributed by atoms with E-state index in [4.69, 9.17) is 39.5 Å². The first kappa shape index (κ1) is 16.7. The second-order valence-corrected chi connectivity index (χ2v) is 6.69. The molecule has 22 heavy (non-hydrogen) atoms. The van der Waals surface area contributed by atoms with Crippen LogP contribution in [0, 0.1) is 0 Å². The maximum Gasteiger partial charge on any atom is 0.322 e. The number of hydrogen-bond acceptors (Lipinski definition) is 2. The smallest absolute Gasteiger partial charge is 0.322 e. The van der Waals surface area contributed by atoms with Gasteiger partial charge in [-0.2, -0.15) is 0 Å². The SMILES string of the molecule is O=C(Nc1ccccc1)N[C@@H](Oc1ccccc1)C(Cl)(Cl)Cl. The van der Waals surface area contributed by atoms with Gasteiger partial charge in [-0.05, 0) is 24.3 Å². The quantitative estimate of drug-likeness (QED) is 0.620. The zero-order valence-electron chi connectivity index (χ0n) is 11.3. The van der Waals surface area contributed by atoms with Crippen LogP contribution >= 0.6 is 34.8 Å². The summed E-state index contributed by atoms with van der Waals surface area (Å²) >= 11 is 17.6. The topological polar surface area (TPSA) is 50.4 Å². The molecule has 0 unspecified atom stereocenters. The van der Waals surface area contributed by atoms with Gasteiger partial charge in [0.2, 0.25) is 10.0 Å². The Kier molecular flexibility index (Phi) is 5.77.